The maximum Gasteiger partial charge on any atom is 0.219 e. The first-order valence-corrected chi connectivity index (χ1v) is 11.8. The lowest BCUT2D eigenvalue weighted by molar-refractivity contribution is -0.130. The van der Waals surface area contributed by atoms with Crippen LogP contribution in [0.4, 0.5) is 0 Å². The van der Waals surface area contributed by atoms with Gasteiger partial charge < -0.3 is 23.9 Å². The molecule has 2 N–H and O–H groups in total. The van der Waals surface area contributed by atoms with Gasteiger partial charge in [-0.15, -0.1) is 0 Å². The van der Waals surface area contributed by atoms with Gasteiger partial charge in [0.1, 0.15) is 11.6 Å². The number of methoxy groups -OCH3 is 2. The third kappa shape index (κ3) is 4.87. The van der Waals surface area contributed by atoms with Gasteiger partial charge in [-0.2, -0.15) is 5.26 Å². The number of benzene rings is 1. The van der Waals surface area contributed by atoms with Crippen LogP contribution in [-0.2, 0) is 11.3 Å². The van der Waals surface area contributed by atoms with Crippen molar-refractivity contribution in [3.05, 3.63) is 29.5 Å². The van der Waals surface area contributed by atoms with E-state index in [4.69, 9.17) is 19.9 Å². The number of carbonyl (C=O) groups is 1. The van der Waals surface area contributed by atoms with Crippen molar-refractivity contribution < 1.29 is 14.3 Å². The second-order valence-electron chi connectivity index (χ2n) is 8.18. The van der Waals surface area contributed by atoms with E-state index in [1.54, 1.807) is 32.5 Å². The molecule has 1 aliphatic heterocycles. The largest absolute Gasteiger partial charge is 0.493 e. The van der Waals surface area contributed by atoms with Crippen molar-refractivity contribution in [3.63, 3.8) is 0 Å². The van der Waals surface area contributed by atoms with Crippen molar-refractivity contribution in [2.24, 2.45) is 5.92 Å². The maximum atomic E-state index is 11.6. The van der Waals surface area contributed by atoms with E-state index in [2.05, 4.69) is 16.0 Å². The summed E-state index contributed by atoms with van der Waals surface area (Å²) in [7, 11) is 3.07. The van der Waals surface area contributed by atoms with Crippen molar-refractivity contribution >= 4 is 28.8 Å². The average molecular weight is 482 g/mol. The highest BCUT2D eigenvalue weighted by Crippen LogP contribution is 2.37. The number of nitriles is 1. The molecule has 0 atom stereocenters. The molecular formula is C23H27N7O3S. The molecule has 0 unspecified atom stereocenters. The minimum absolute atomic E-state index is 0.119. The van der Waals surface area contributed by atoms with Gasteiger partial charge in [0, 0.05) is 37.5 Å². The van der Waals surface area contributed by atoms with Gasteiger partial charge in [0.25, 0.3) is 0 Å². The van der Waals surface area contributed by atoms with Crippen molar-refractivity contribution in [3.8, 4) is 17.6 Å². The zero-order valence-corrected chi connectivity index (χ0v) is 20.2. The number of fused-ring (bicyclic) bond motifs is 1. The summed E-state index contributed by atoms with van der Waals surface area (Å²) in [5.41, 5.74) is 1.77. The summed E-state index contributed by atoms with van der Waals surface area (Å²) in [5.74, 6) is 1.68. The molecule has 11 heteroatoms. The fraction of sp³-hybridized carbons (Fsp3) is 0.435. The molecular weight excluding hydrogens is 454 g/mol. The van der Waals surface area contributed by atoms with Crippen LogP contribution in [0, 0.1) is 22.7 Å². The van der Waals surface area contributed by atoms with Gasteiger partial charge in [0.15, 0.2) is 27.8 Å². The van der Waals surface area contributed by atoms with Crippen molar-refractivity contribution in [2.75, 3.05) is 27.3 Å². The minimum Gasteiger partial charge on any atom is -0.493 e. The molecule has 0 saturated carbocycles. The molecule has 178 valence electrons. The number of H-pyrrole nitrogens is 1. The lowest BCUT2D eigenvalue weighted by Gasteiger charge is -2.31. The second-order valence-corrected chi connectivity index (χ2v) is 9.21. The Morgan fingerprint density at radius 2 is 2.00 bits per heavy atom. The molecule has 0 bridgehead atoms. The van der Waals surface area contributed by atoms with Gasteiger partial charge in [-0.05, 0) is 31.2 Å². The Hall–Kier alpha value is -3.52. The van der Waals surface area contributed by atoms with E-state index < -0.39 is 0 Å². The third-order valence-corrected chi connectivity index (χ3v) is 7.09. The summed E-state index contributed by atoms with van der Waals surface area (Å²) in [4.78, 5) is 26.2. The molecule has 3 heterocycles. The monoisotopic (exact) mass is 481 g/mol. The Kier molecular flexibility index (Phi) is 7.07. The van der Waals surface area contributed by atoms with E-state index in [-0.39, 0.29) is 11.4 Å². The van der Waals surface area contributed by atoms with E-state index in [0.717, 1.165) is 38.9 Å². The quantitative estimate of drug-likeness (QED) is 0.530. The van der Waals surface area contributed by atoms with E-state index in [0.29, 0.717) is 44.2 Å². The number of hydrogen-bond acceptors (Lipinski definition) is 8. The number of imidazole rings is 1. The van der Waals surface area contributed by atoms with Crippen LogP contribution < -0.4 is 15.0 Å². The maximum absolute atomic E-state index is 11.6. The van der Waals surface area contributed by atoms with Crippen molar-refractivity contribution in [2.45, 2.75) is 42.8 Å². The normalized spacial score (nSPS) is 14.2. The van der Waals surface area contributed by atoms with Gasteiger partial charge in [-0.25, -0.2) is 9.97 Å². The first-order valence-electron chi connectivity index (χ1n) is 11.0. The third-order valence-electron chi connectivity index (χ3n) is 6.15. The van der Waals surface area contributed by atoms with Gasteiger partial charge in [0.2, 0.25) is 5.91 Å². The smallest absolute Gasteiger partial charge is 0.219 e. The molecule has 0 aliphatic carbocycles. The van der Waals surface area contributed by atoms with Crippen LogP contribution in [0.2, 0.25) is 0 Å². The lowest BCUT2D eigenvalue weighted by atomic mass is 9.93. The Morgan fingerprint density at radius 1 is 1.29 bits per heavy atom. The molecule has 1 fully saturated rings. The number of likely N-dealkylation sites (tertiary alicyclic amines) is 1. The number of amides is 1. The number of piperidine rings is 1. The highest BCUT2D eigenvalue weighted by molar-refractivity contribution is 7.99. The highest BCUT2D eigenvalue weighted by Gasteiger charge is 2.21. The molecule has 1 aromatic carbocycles. The van der Waals surface area contributed by atoms with Crippen LogP contribution in [0.25, 0.3) is 11.2 Å². The number of carbonyl (C=O) groups excluding carboxylic acids is 1. The van der Waals surface area contributed by atoms with Crippen LogP contribution in [-0.4, -0.2) is 57.6 Å². The highest BCUT2D eigenvalue weighted by atomic mass is 32.2. The first-order chi connectivity index (χ1) is 16.4. The van der Waals surface area contributed by atoms with Crippen LogP contribution in [0.3, 0.4) is 0 Å². The predicted octanol–water partition coefficient (Wildman–Crippen LogP) is 2.93. The van der Waals surface area contributed by atoms with Crippen molar-refractivity contribution in [1.82, 2.24) is 24.4 Å². The molecule has 1 amide bonds. The summed E-state index contributed by atoms with van der Waals surface area (Å²) in [6, 6.07) is 5.57. The molecule has 0 spiro atoms. The molecule has 10 nitrogen and oxygen atoms in total. The number of aryl methyl sites for hydroxylation is 1. The van der Waals surface area contributed by atoms with E-state index in [1.165, 1.54) is 18.9 Å². The molecule has 2 aromatic heterocycles. The number of ether oxygens (including phenoxy) is 2. The summed E-state index contributed by atoms with van der Waals surface area (Å²) < 4.78 is 12.6. The number of aromatic amines is 1. The van der Waals surface area contributed by atoms with Crippen LogP contribution >= 0.6 is 11.8 Å². The first kappa shape index (κ1) is 23.6. The summed E-state index contributed by atoms with van der Waals surface area (Å²) in [5, 5.41) is 18.4. The topological polar surface area (TPSA) is 133 Å². The minimum atomic E-state index is 0.119. The van der Waals surface area contributed by atoms with Crippen LogP contribution in [0.1, 0.15) is 31.7 Å². The molecule has 4 rings (SSSR count). The molecule has 1 aliphatic rings. The number of hydrogen-bond donors (Lipinski definition) is 2. The van der Waals surface area contributed by atoms with E-state index in [9.17, 15) is 10.1 Å². The molecule has 0 radical (unpaired) electrons. The molecule has 34 heavy (non-hydrogen) atoms. The van der Waals surface area contributed by atoms with Crippen molar-refractivity contribution in [1.29, 1.82) is 10.7 Å². The summed E-state index contributed by atoms with van der Waals surface area (Å²) in [6.07, 6.45) is 4.59. The number of nitrogens with one attached hydrogen (secondary N) is 2. The number of rotatable bonds is 7. The zero-order valence-electron chi connectivity index (χ0n) is 19.4. The summed E-state index contributed by atoms with van der Waals surface area (Å²) in [6.45, 7) is 3.96. The average Bonchev–Trinajstić information content (AvgIpc) is 3.28. The number of aromatic nitrogens is 4. The van der Waals surface area contributed by atoms with Gasteiger partial charge in [0.05, 0.1) is 26.1 Å². The van der Waals surface area contributed by atoms with Crippen LogP contribution in [0.15, 0.2) is 28.5 Å². The fourth-order valence-corrected chi connectivity index (χ4v) is 5.04. The van der Waals surface area contributed by atoms with E-state index >= 15 is 0 Å². The molecule has 1 saturated heterocycles. The Labute approximate surface area is 201 Å². The van der Waals surface area contributed by atoms with E-state index in [1.807, 2.05) is 9.47 Å². The predicted molar refractivity (Wildman–Crippen MR) is 126 cm³/mol. The van der Waals surface area contributed by atoms with Gasteiger partial charge >= 0.3 is 0 Å². The lowest BCUT2D eigenvalue weighted by Crippen LogP contribution is -2.37. The standard InChI is InChI=1S/C23H27N7O3S/c1-14(31)29-7-4-15(5-8-29)6-9-30-13-26-21(25)20-22(30)28-23(27-20)34-19-11-18(33-3)17(32-2)10-16(19)12-24/h10-11,13,15,25H,4-9H2,1-3H3,(H,27,28). The zero-order chi connectivity index (χ0) is 24.2. The second kappa shape index (κ2) is 10.2. The Bertz CT molecular complexity index is 1300. The van der Waals surface area contributed by atoms with Crippen LogP contribution in [0.5, 0.6) is 11.5 Å². The van der Waals surface area contributed by atoms with Gasteiger partial charge in [-0.3, -0.25) is 10.2 Å². The Morgan fingerprint density at radius 3 is 2.65 bits per heavy atom. The molecule has 3 aromatic rings. The number of nitrogens with zero attached hydrogens (tertiary/aromatic N) is 5. The Balaban J connectivity index is 1.55. The van der Waals surface area contributed by atoms with Gasteiger partial charge in [-0.1, -0.05) is 11.8 Å². The SMILES string of the molecule is COc1cc(C#N)c(Sc2nc3c([nH]2)c(=N)ncn3CCC2CCN(C(C)=O)CC2)cc1OC. The summed E-state index contributed by atoms with van der Waals surface area (Å²) >= 11 is 1.29. The fourth-order valence-electron chi connectivity index (χ4n) is 4.17.